The third-order valence-corrected chi connectivity index (χ3v) is 4.94. The molecule has 2 atom stereocenters. The molecule has 0 aromatic carbocycles. The summed E-state index contributed by atoms with van der Waals surface area (Å²) < 4.78 is 2.86. The Morgan fingerprint density at radius 2 is 2.06 bits per heavy atom. The molecule has 1 N–H and O–H groups in total. The zero-order valence-electron chi connectivity index (χ0n) is 11.1. The van der Waals surface area contributed by atoms with Gasteiger partial charge in [0, 0.05) is 19.6 Å². The van der Waals surface area contributed by atoms with Crippen LogP contribution in [0.25, 0.3) is 0 Å². The lowest BCUT2D eigenvalue weighted by Crippen LogP contribution is -2.43. The van der Waals surface area contributed by atoms with E-state index in [1.54, 1.807) is 0 Å². The molecule has 0 bridgehead atoms. The van der Waals surface area contributed by atoms with Crippen LogP contribution in [0, 0.1) is 16.6 Å². The number of rotatable bonds is 2. The van der Waals surface area contributed by atoms with Gasteiger partial charge in [0.25, 0.3) is 0 Å². The highest BCUT2D eigenvalue weighted by molar-refractivity contribution is 7.71. The van der Waals surface area contributed by atoms with Crippen LogP contribution in [0.1, 0.15) is 39.0 Å². The van der Waals surface area contributed by atoms with Crippen molar-refractivity contribution in [1.82, 2.24) is 14.8 Å². The van der Waals surface area contributed by atoms with Gasteiger partial charge in [-0.2, -0.15) is 0 Å². The average molecular weight is 266 g/mol. The molecular formula is C13H22N4S. The Hall–Kier alpha value is -0.840. The monoisotopic (exact) mass is 266 g/mol. The minimum atomic E-state index is 0.748. The molecule has 2 aliphatic rings. The Morgan fingerprint density at radius 1 is 1.28 bits per heavy atom. The summed E-state index contributed by atoms with van der Waals surface area (Å²) >= 11 is 5.27. The summed E-state index contributed by atoms with van der Waals surface area (Å²) in [5, 5.41) is 7.35. The van der Waals surface area contributed by atoms with Crippen molar-refractivity contribution in [3.05, 3.63) is 4.77 Å². The number of fused-ring (bicyclic) bond motifs is 1. The SMILES string of the molecule is CCn1c(N2CCC3CCCCC3C2)n[nH]c1=S. The lowest BCUT2D eigenvalue weighted by Gasteiger charge is -2.41. The van der Waals surface area contributed by atoms with Crippen LogP contribution in [-0.2, 0) is 6.54 Å². The molecule has 100 valence electrons. The number of anilines is 1. The van der Waals surface area contributed by atoms with Crippen molar-refractivity contribution in [2.24, 2.45) is 11.8 Å². The van der Waals surface area contributed by atoms with Crippen molar-refractivity contribution in [2.75, 3.05) is 18.0 Å². The second kappa shape index (κ2) is 5.03. The van der Waals surface area contributed by atoms with E-state index in [0.717, 1.165) is 35.6 Å². The molecule has 0 spiro atoms. The number of nitrogens with zero attached hydrogens (tertiary/aromatic N) is 3. The molecule has 3 rings (SSSR count). The highest BCUT2D eigenvalue weighted by atomic mass is 32.1. The second-order valence-corrected chi connectivity index (χ2v) is 6.00. The molecule has 1 aliphatic carbocycles. The molecule has 1 saturated carbocycles. The fourth-order valence-corrected chi connectivity index (χ4v) is 3.87. The van der Waals surface area contributed by atoms with Gasteiger partial charge in [0.2, 0.25) is 5.95 Å². The van der Waals surface area contributed by atoms with Crippen molar-refractivity contribution < 1.29 is 0 Å². The first-order chi connectivity index (χ1) is 8.79. The van der Waals surface area contributed by atoms with E-state index in [1.807, 2.05) is 0 Å². The molecule has 0 amide bonds. The van der Waals surface area contributed by atoms with Crippen LogP contribution in [-0.4, -0.2) is 27.9 Å². The number of aromatic nitrogens is 3. The van der Waals surface area contributed by atoms with Gasteiger partial charge in [-0.15, -0.1) is 5.10 Å². The van der Waals surface area contributed by atoms with Crippen molar-refractivity contribution in [3.8, 4) is 0 Å². The minimum Gasteiger partial charge on any atom is -0.341 e. The lowest BCUT2D eigenvalue weighted by atomic mass is 9.75. The van der Waals surface area contributed by atoms with Crippen LogP contribution < -0.4 is 4.90 Å². The number of aromatic amines is 1. The average Bonchev–Trinajstić information content (AvgIpc) is 2.79. The van der Waals surface area contributed by atoms with Gasteiger partial charge in [0.05, 0.1) is 0 Å². The Morgan fingerprint density at radius 3 is 2.83 bits per heavy atom. The number of H-pyrrole nitrogens is 1. The molecule has 18 heavy (non-hydrogen) atoms. The normalized spacial score (nSPS) is 28.2. The highest BCUT2D eigenvalue weighted by Crippen LogP contribution is 2.37. The first kappa shape index (κ1) is 12.2. The smallest absolute Gasteiger partial charge is 0.225 e. The van der Waals surface area contributed by atoms with E-state index in [1.165, 1.54) is 38.6 Å². The second-order valence-electron chi connectivity index (χ2n) is 5.61. The Balaban J connectivity index is 1.79. The zero-order chi connectivity index (χ0) is 12.5. The van der Waals surface area contributed by atoms with Gasteiger partial charge >= 0.3 is 0 Å². The lowest BCUT2D eigenvalue weighted by molar-refractivity contribution is 0.201. The molecular weight excluding hydrogens is 244 g/mol. The summed E-state index contributed by atoms with van der Waals surface area (Å²) in [5.41, 5.74) is 0. The van der Waals surface area contributed by atoms with Crippen molar-refractivity contribution in [3.63, 3.8) is 0 Å². The molecule has 1 aliphatic heterocycles. The molecule has 1 aromatic heterocycles. The summed E-state index contributed by atoms with van der Waals surface area (Å²) in [4.78, 5) is 2.43. The zero-order valence-corrected chi connectivity index (χ0v) is 11.9. The molecule has 0 radical (unpaired) electrons. The third-order valence-electron chi connectivity index (χ3n) is 4.63. The van der Waals surface area contributed by atoms with Gasteiger partial charge < -0.3 is 4.90 Å². The molecule has 2 unspecified atom stereocenters. The Labute approximate surface area is 113 Å². The van der Waals surface area contributed by atoms with Gasteiger partial charge in [0.1, 0.15) is 0 Å². The summed E-state index contributed by atoms with van der Waals surface area (Å²) in [5.74, 6) is 2.89. The quantitative estimate of drug-likeness (QED) is 0.836. The van der Waals surface area contributed by atoms with Crippen LogP contribution in [0.4, 0.5) is 5.95 Å². The van der Waals surface area contributed by atoms with Crippen LogP contribution in [0.15, 0.2) is 0 Å². The molecule has 4 nitrogen and oxygen atoms in total. The van der Waals surface area contributed by atoms with Crippen LogP contribution >= 0.6 is 12.2 Å². The molecule has 2 heterocycles. The molecule has 1 aromatic rings. The van der Waals surface area contributed by atoms with Crippen molar-refractivity contribution >= 4 is 18.2 Å². The summed E-state index contributed by atoms with van der Waals surface area (Å²) in [6, 6.07) is 0. The van der Waals surface area contributed by atoms with E-state index in [4.69, 9.17) is 12.2 Å². The predicted octanol–water partition coefficient (Wildman–Crippen LogP) is 2.98. The number of hydrogen-bond acceptors (Lipinski definition) is 3. The predicted molar refractivity (Wildman–Crippen MR) is 75.4 cm³/mol. The van der Waals surface area contributed by atoms with Crippen LogP contribution in [0.5, 0.6) is 0 Å². The minimum absolute atomic E-state index is 0.748. The first-order valence-electron chi connectivity index (χ1n) is 7.19. The standard InChI is InChI=1S/C13H22N4S/c1-2-17-12(14-15-13(17)18)16-8-7-10-5-3-4-6-11(10)9-16/h10-11H,2-9H2,1H3,(H,15,18). The number of piperidine rings is 1. The fraction of sp³-hybridized carbons (Fsp3) is 0.846. The summed E-state index contributed by atoms with van der Waals surface area (Å²) in [7, 11) is 0. The molecule has 5 heteroatoms. The Kier molecular flexibility index (Phi) is 3.41. The van der Waals surface area contributed by atoms with Gasteiger partial charge in [-0.05, 0) is 43.8 Å². The maximum atomic E-state index is 5.27. The van der Waals surface area contributed by atoms with E-state index in [-0.39, 0.29) is 0 Å². The number of nitrogens with one attached hydrogen (secondary N) is 1. The van der Waals surface area contributed by atoms with E-state index in [2.05, 4.69) is 26.6 Å². The molecule has 2 fully saturated rings. The van der Waals surface area contributed by atoms with E-state index in [9.17, 15) is 0 Å². The van der Waals surface area contributed by atoms with E-state index < -0.39 is 0 Å². The largest absolute Gasteiger partial charge is 0.341 e. The number of hydrogen-bond donors (Lipinski definition) is 1. The topological polar surface area (TPSA) is 36.9 Å². The van der Waals surface area contributed by atoms with Crippen molar-refractivity contribution in [1.29, 1.82) is 0 Å². The maximum Gasteiger partial charge on any atom is 0.225 e. The van der Waals surface area contributed by atoms with E-state index in [0.29, 0.717) is 0 Å². The fourth-order valence-electron chi connectivity index (χ4n) is 3.62. The van der Waals surface area contributed by atoms with Gasteiger partial charge in [-0.1, -0.05) is 19.3 Å². The Bertz CT molecular complexity index is 464. The first-order valence-corrected chi connectivity index (χ1v) is 7.60. The third kappa shape index (κ3) is 2.09. The van der Waals surface area contributed by atoms with Gasteiger partial charge in [-0.3, -0.25) is 4.57 Å². The maximum absolute atomic E-state index is 5.27. The van der Waals surface area contributed by atoms with Crippen LogP contribution in [0.3, 0.4) is 0 Å². The highest BCUT2D eigenvalue weighted by Gasteiger charge is 2.32. The summed E-state index contributed by atoms with van der Waals surface area (Å²) in [6.45, 7) is 5.34. The summed E-state index contributed by atoms with van der Waals surface area (Å²) in [6.07, 6.45) is 7.02. The van der Waals surface area contributed by atoms with Crippen LogP contribution in [0.2, 0.25) is 0 Å². The van der Waals surface area contributed by atoms with Gasteiger partial charge in [-0.25, -0.2) is 5.10 Å². The molecule has 1 saturated heterocycles. The van der Waals surface area contributed by atoms with E-state index >= 15 is 0 Å². The van der Waals surface area contributed by atoms with Gasteiger partial charge in [0.15, 0.2) is 4.77 Å². The van der Waals surface area contributed by atoms with Crippen molar-refractivity contribution in [2.45, 2.75) is 45.6 Å².